The Labute approximate surface area is 110 Å². The molecule has 0 aliphatic carbocycles. The van der Waals surface area contributed by atoms with Gasteiger partial charge in [0.25, 0.3) is 5.91 Å². The highest BCUT2D eigenvalue weighted by molar-refractivity contribution is 5.97. The van der Waals surface area contributed by atoms with Crippen LogP contribution >= 0.6 is 0 Å². The Balaban J connectivity index is 2.01. The van der Waals surface area contributed by atoms with E-state index in [1.165, 1.54) is 18.3 Å². The summed E-state index contributed by atoms with van der Waals surface area (Å²) in [5.74, 6) is -0.549. The number of nitrogens with two attached hydrogens (primary N) is 1. The molecule has 5 nitrogen and oxygen atoms in total. The van der Waals surface area contributed by atoms with Crippen molar-refractivity contribution in [3.63, 3.8) is 0 Å². The average Bonchev–Trinajstić information content (AvgIpc) is 2.41. The Bertz CT molecular complexity index is 606. The number of phenolic OH excluding ortho intramolecular Hbond substituents is 1. The molecule has 4 N–H and O–H groups in total. The number of hydrogen-bond acceptors (Lipinski definition) is 4. The van der Waals surface area contributed by atoms with Crippen molar-refractivity contribution in [3.8, 4) is 5.75 Å². The third kappa shape index (κ3) is 3.32. The fraction of sp³-hybridized carbons (Fsp3) is 0. The Morgan fingerprint density at radius 2 is 1.84 bits per heavy atom. The molecule has 1 amide bonds. The highest BCUT2D eigenvalue weighted by Gasteiger charge is 2.08. The molecule has 0 radical (unpaired) electrons. The first-order valence-corrected chi connectivity index (χ1v) is 5.64. The quantitative estimate of drug-likeness (QED) is 0.443. The molecule has 0 atom stereocenters. The van der Waals surface area contributed by atoms with Gasteiger partial charge in [0.15, 0.2) is 0 Å². The Morgan fingerprint density at radius 3 is 2.53 bits per heavy atom. The fourth-order valence-electron chi connectivity index (χ4n) is 1.47. The molecular weight excluding hydrogens is 242 g/mol. The van der Waals surface area contributed by atoms with Crippen LogP contribution in [0.4, 0.5) is 5.69 Å². The number of aromatic hydroxyl groups is 1. The van der Waals surface area contributed by atoms with Gasteiger partial charge < -0.3 is 10.8 Å². The summed E-state index contributed by atoms with van der Waals surface area (Å²) in [6.45, 7) is 0. The summed E-state index contributed by atoms with van der Waals surface area (Å²) in [4.78, 5) is 11.7. The number of carbonyl (C=O) groups is 1. The van der Waals surface area contributed by atoms with E-state index in [1.807, 2.05) is 0 Å². The number of anilines is 1. The largest absolute Gasteiger partial charge is 0.507 e. The molecule has 0 heterocycles. The van der Waals surface area contributed by atoms with E-state index in [-0.39, 0.29) is 11.3 Å². The van der Waals surface area contributed by atoms with E-state index in [4.69, 9.17) is 5.73 Å². The predicted octanol–water partition coefficient (Wildman–Crippen LogP) is 1.74. The number of para-hydroxylation sites is 1. The van der Waals surface area contributed by atoms with E-state index in [1.54, 1.807) is 36.4 Å². The molecular formula is C14H13N3O2. The van der Waals surface area contributed by atoms with Crippen molar-refractivity contribution in [3.05, 3.63) is 59.7 Å². The summed E-state index contributed by atoms with van der Waals surface area (Å²) in [7, 11) is 0. The minimum Gasteiger partial charge on any atom is -0.507 e. The zero-order valence-corrected chi connectivity index (χ0v) is 10.1. The van der Waals surface area contributed by atoms with E-state index in [9.17, 15) is 9.90 Å². The predicted molar refractivity (Wildman–Crippen MR) is 74.0 cm³/mol. The van der Waals surface area contributed by atoms with Crippen LogP contribution in [-0.2, 0) is 0 Å². The zero-order chi connectivity index (χ0) is 13.7. The molecule has 2 rings (SSSR count). The number of phenols is 1. The van der Waals surface area contributed by atoms with Crippen LogP contribution in [-0.4, -0.2) is 17.2 Å². The lowest BCUT2D eigenvalue weighted by atomic mass is 10.2. The fourth-order valence-corrected chi connectivity index (χ4v) is 1.47. The topological polar surface area (TPSA) is 87.7 Å². The molecule has 0 aliphatic heterocycles. The maximum atomic E-state index is 11.7. The van der Waals surface area contributed by atoms with Crippen molar-refractivity contribution in [2.45, 2.75) is 0 Å². The van der Waals surface area contributed by atoms with E-state index in [2.05, 4.69) is 10.5 Å². The summed E-state index contributed by atoms with van der Waals surface area (Å²) >= 11 is 0. The number of nitrogens with one attached hydrogen (secondary N) is 1. The van der Waals surface area contributed by atoms with Gasteiger partial charge in [0.05, 0.1) is 11.8 Å². The second-order valence-electron chi connectivity index (χ2n) is 3.88. The minimum absolute atomic E-state index is 0.0808. The standard InChI is InChI=1S/C14H13N3O2/c15-11-7-5-10(6-8-11)9-16-17-14(19)12-3-1-2-4-13(12)18/h1-9,18H,15H2,(H,17,19). The molecule has 0 saturated heterocycles. The van der Waals surface area contributed by atoms with Crippen molar-refractivity contribution in [1.29, 1.82) is 0 Å². The second kappa shape index (κ2) is 5.68. The summed E-state index contributed by atoms with van der Waals surface area (Å²) in [6.07, 6.45) is 1.50. The van der Waals surface area contributed by atoms with Crippen molar-refractivity contribution in [1.82, 2.24) is 5.43 Å². The smallest absolute Gasteiger partial charge is 0.275 e. The highest BCUT2D eigenvalue weighted by atomic mass is 16.3. The maximum absolute atomic E-state index is 11.7. The number of amides is 1. The average molecular weight is 255 g/mol. The van der Waals surface area contributed by atoms with Gasteiger partial charge in [-0.15, -0.1) is 0 Å². The molecule has 19 heavy (non-hydrogen) atoms. The van der Waals surface area contributed by atoms with E-state index in [0.717, 1.165) is 5.56 Å². The van der Waals surface area contributed by atoms with Gasteiger partial charge in [-0.05, 0) is 29.8 Å². The lowest BCUT2D eigenvalue weighted by Crippen LogP contribution is -2.17. The van der Waals surface area contributed by atoms with Gasteiger partial charge in [0.2, 0.25) is 0 Å². The van der Waals surface area contributed by atoms with Gasteiger partial charge in [-0.1, -0.05) is 24.3 Å². The van der Waals surface area contributed by atoms with Crippen molar-refractivity contribution < 1.29 is 9.90 Å². The van der Waals surface area contributed by atoms with Gasteiger partial charge in [0.1, 0.15) is 5.75 Å². The summed E-state index contributed by atoms with van der Waals surface area (Å²) in [5, 5.41) is 13.3. The molecule has 0 aliphatic rings. The SMILES string of the molecule is Nc1ccc(C=NNC(=O)c2ccccc2O)cc1. The van der Waals surface area contributed by atoms with E-state index in [0.29, 0.717) is 5.69 Å². The first-order valence-electron chi connectivity index (χ1n) is 5.64. The van der Waals surface area contributed by atoms with Gasteiger partial charge in [-0.3, -0.25) is 4.79 Å². The molecule has 5 heteroatoms. The molecule has 96 valence electrons. The number of nitrogens with zero attached hydrogens (tertiary/aromatic N) is 1. The first kappa shape index (κ1) is 12.6. The monoisotopic (exact) mass is 255 g/mol. The summed E-state index contributed by atoms with van der Waals surface area (Å²) in [6, 6.07) is 13.3. The maximum Gasteiger partial charge on any atom is 0.275 e. The van der Waals surface area contributed by atoms with Crippen molar-refractivity contribution in [2.75, 3.05) is 5.73 Å². The molecule has 0 aromatic heterocycles. The van der Waals surface area contributed by atoms with Gasteiger partial charge in [-0.25, -0.2) is 5.43 Å². The molecule has 0 spiro atoms. The number of hydrogen-bond donors (Lipinski definition) is 3. The lowest BCUT2D eigenvalue weighted by molar-refractivity contribution is 0.0952. The Hall–Kier alpha value is -2.82. The van der Waals surface area contributed by atoms with Crippen LogP contribution < -0.4 is 11.2 Å². The van der Waals surface area contributed by atoms with Gasteiger partial charge in [0, 0.05) is 5.69 Å². The number of benzene rings is 2. The lowest BCUT2D eigenvalue weighted by Gasteiger charge is -2.01. The van der Waals surface area contributed by atoms with Crippen LogP contribution in [0.1, 0.15) is 15.9 Å². The van der Waals surface area contributed by atoms with Crippen molar-refractivity contribution >= 4 is 17.8 Å². The van der Waals surface area contributed by atoms with Crippen LogP contribution in [0.25, 0.3) is 0 Å². The van der Waals surface area contributed by atoms with Crippen molar-refractivity contribution in [2.24, 2.45) is 5.10 Å². The minimum atomic E-state index is -0.468. The zero-order valence-electron chi connectivity index (χ0n) is 10.1. The van der Waals surface area contributed by atoms with Crippen LogP contribution in [0.15, 0.2) is 53.6 Å². The number of hydrazone groups is 1. The first-order chi connectivity index (χ1) is 9.16. The molecule has 0 saturated carbocycles. The van der Waals surface area contributed by atoms with Crippen LogP contribution in [0.3, 0.4) is 0 Å². The van der Waals surface area contributed by atoms with Crippen LogP contribution in [0.5, 0.6) is 5.75 Å². The molecule has 2 aromatic carbocycles. The van der Waals surface area contributed by atoms with Crippen LogP contribution in [0, 0.1) is 0 Å². The highest BCUT2D eigenvalue weighted by Crippen LogP contribution is 2.14. The summed E-state index contributed by atoms with van der Waals surface area (Å²) in [5.41, 5.74) is 9.55. The molecule has 0 unspecified atom stereocenters. The van der Waals surface area contributed by atoms with Gasteiger partial charge in [-0.2, -0.15) is 5.10 Å². The van der Waals surface area contributed by atoms with E-state index >= 15 is 0 Å². The molecule has 0 bridgehead atoms. The van der Waals surface area contributed by atoms with Crippen LogP contribution in [0.2, 0.25) is 0 Å². The number of rotatable bonds is 3. The van der Waals surface area contributed by atoms with Gasteiger partial charge >= 0.3 is 0 Å². The molecule has 2 aromatic rings. The Morgan fingerprint density at radius 1 is 1.16 bits per heavy atom. The third-order valence-electron chi connectivity index (χ3n) is 2.46. The Kier molecular flexibility index (Phi) is 3.78. The van der Waals surface area contributed by atoms with E-state index < -0.39 is 5.91 Å². The summed E-state index contributed by atoms with van der Waals surface area (Å²) < 4.78 is 0. The molecule has 0 fully saturated rings. The normalized spacial score (nSPS) is 10.5. The number of nitrogen functional groups attached to an aromatic ring is 1. The third-order valence-corrected chi connectivity index (χ3v) is 2.46. The second-order valence-corrected chi connectivity index (χ2v) is 3.88. The number of carbonyl (C=O) groups excluding carboxylic acids is 1.